The first-order valence-electron chi connectivity index (χ1n) is 6.34. The van der Waals surface area contributed by atoms with Gasteiger partial charge in [0.15, 0.2) is 5.13 Å². The molecule has 116 valence electrons. The molecule has 0 saturated carbocycles. The molecule has 20 heavy (non-hydrogen) atoms. The number of nitrogen functional groups attached to an aromatic ring is 1. The minimum Gasteiger partial charge on any atom is -0.375 e. The van der Waals surface area contributed by atoms with Gasteiger partial charge in [0, 0.05) is 24.2 Å². The smallest absolute Gasteiger partial charge is 0.239 e. The quantitative estimate of drug-likeness (QED) is 0.777. The molecule has 0 radical (unpaired) electrons. The van der Waals surface area contributed by atoms with Crippen LogP contribution < -0.4 is 16.4 Å². The fourth-order valence-corrected chi connectivity index (χ4v) is 1.98. The number of rotatable bonds is 5. The first kappa shape index (κ1) is 19.1. The van der Waals surface area contributed by atoms with Crippen molar-refractivity contribution in [2.45, 2.75) is 46.7 Å². The third kappa shape index (κ3) is 6.54. The van der Waals surface area contributed by atoms with E-state index in [4.69, 9.17) is 5.73 Å². The number of anilines is 1. The number of hydrogen-bond donors (Lipinski definition) is 3. The van der Waals surface area contributed by atoms with Gasteiger partial charge < -0.3 is 11.1 Å². The van der Waals surface area contributed by atoms with Gasteiger partial charge in [0.05, 0.1) is 5.54 Å². The summed E-state index contributed by atoms with van der Waals surface area (Å²) >= 11 is 1.43. The predicted octanol–water partition coefficient (Wildman–Crippen LogP) is 2.18. The summed E-state index contributed by atoms with van der Waals surface area (Å²) in [5.74, 6) is -0.0000813. The Morgan fingerprint density at radius 2 is 1.95 bits per heavy atom. The molecule has 0 aliphatic heterocycles. The van der Waals surface area contributed by atoms with Crippen LogP contribution in [0.5, 0.6) is 0 Å². The molecule has 0 aliphatic rings. The summed E-state index contributed by atoms with van der Waals surface area (Å²) in [6.07, 6.45) is 1.73. The van der Waals surface area contributed by atoms with Gasteiger partial charge >= 0.3 is 0 Å². The van der Waals surface area contributed by atoms with E-state index in [9.17, 15) is 4.79 Å². The number of carbonyl (C=O) groups excluding carboxylic acids is 1. The number of carbonyl (C=O) groups is 1. The van der Waals surface area contributed by atoms with E-state index in [0.29, 0.717) is 18.2 Å². The van der Waals surface area contributed by atoms with Gasteiger partial charge in [-0.3, -0.25) is 10.1 Å². The zero-order chi connectivity index (χ0) is 14.7. The monoisotopic (exact) mass is 320 g/mol. The van der Waals surface area contributed by atoms with Gasteiger partial charge in [0.25, 0.3) is 0 Å². The molecule has 7 heteroatoms. The number of amides is 1. The van der Waals surface area contributed by atoms with Crippen LogP contribution >= 0.6 is 23.7 Å². The van der Waals surface area contributed by atoms with Crippen LogP contribution in [0.4, 0.5) is 5.13 Å². The zero-order valence-electron chi connectivity index (χ0n) is 12.7. The highest BCUT2D eigenvalue weighted by atomic mass is 35.5. The van der Waals surface area contributed by atoms with Crippen LogP contribution in [-0.2, 0) is 11.3 Å². The average molecular weight is 321 g/mol. The Morgan fingerprint density at radius 1 is 1.35 bits per heavy atom. The Kier molecular flexibility index (Phi) is 6.93. The minimum atomic E-state index is -0.621. The molecule has 0 atom stereocenters. The number of nitrogens with zero attached hydrogens (tertiary/aromatic N) is 1. The molecule has 1 aromatic rings. The molecule has 1 rings (SSSR count). The lowest BCUT2D eigenvalue weighted by atomic mass is 9.96. The summed E-state index contributed by atoms with van der Waals surface area (Å²) < 4.78 is 0. The first-order valence-corrected chi connectivity index (χ1v) is 7.15. The second-order valence-electron chi connectivity index (χ2n) is 6.39. The predicted molar refractivity (Wildman–Crippen MR) is 87.2 cm³/mol. The van der Waals surface area contributed by atoms with Crippen molar-refractivity contribution < 1.29 is 4.79 Å². The van der Waals surface area contributed by atoms with Gasteiger partial charge in [-0.1, -0.05) is 20.8 Å². The van der Waals surface area contributed by atoms with Crippen LogP contribution in [0.25, 0.3) is 0 Å². The van der Waals surface area contributed by atoms with Gasteiger partial charge in [-0.2, -0.15) is 0 Å². The van der Waals surface area contributed by atoms with E-state index in [1.807, 2.05) is 13.8 Å². The highest BCUT2D eigenvalue weighted by Crippen LogP contribution is 2.16. The summed E-state index contributed by atoms with van der Waals surface area (Å²) in [6.45, 7) is 11.3. The molecular formula is C13H25ClN4OS. The van der Waals surface area contributed by atoms with Gasteiger partial charge in [0.1, 0.15) is 0 Å². The Hall–Kier alpha value is -0.850. The second-order valence-corrected chi connectivity index (χ2v) is 7.53. The fourth-order valence-electron chi connectivity index (χ4n) is 1.36. The van der Waals surface area contributed by atoms with Crippen molar-refractivity contribution in [3.8, 4) is 0 Å². The largest absolute Gasteiger partial charge is 0.375 e. The topological polar surface area (TPSA) is 80.0 Å². The summed E-state index contributed by atoms with van der Waals surface area (Å²) in [5, 5.41) is 6.74. The molecule has 4 N–H and O–H groups in total. The van der Waals surface area contributed by atoms with Crippen molar-refractivity contribution in [1.82, 2.24) is 15.6 Å². The Morgan fingerprint density at radius 3 is 2.40 bits per heavy atom. The average Bonchev–Trinajstić information content (AvgIpc) is 2.68. The van der Waals surface area contributed by atoms with Gasteiger partial charge in [-0.15, -0.1) is 23.7 Å². The lowest BCUT2D eigenvalue weighted by Crippen LogP contribution is -2.53. The van der Waals surface area contributed by atoms with E-state index >= 15 is 0 Å². The molecule has 1 amide bonds. The van der Waals surface area contributed by atoms with Gasteiger partial charge in [0.2, 0.25) is 5.91 Å². The van der Waals surface area contributed by atoms with E-state index < -0.39 is 5.54 Å². The Balaban J connectivity index is 0.00000361. The molecule has 5 nitrogen and oxygen atoms in total. The summed E-state index contributed by atoms with van der Waals surface area (Å²) in [5.41, 5.74) is 5.03. The normalized spacial score (nSPS) is 11.8. The molecule has 0 saturated heterocycles. The summed E-state index contributed by atoms with van der Waals surface area (Å²) in [7, 11) is 0. The fraction of sp³-hybridized carbons (Fsp3) is 0.692. The molecule has 0 fully saturated rings. The highest BCUT2D eigenvalue weighted by Gasteiger charge is 2.27. The van der Waals surface area contributed by atoms with Crippen LogP contribution in [0.2, 0.25) is 0 Å². The van der Waals surface area contributed by atoms with Gasteiger partial charge in [-0.05, 0) is 19.3 Å². The molecule has 0 aromatic carbocycles. The van der Waals surface area contributed by atoms with Crippen LogP contribution in [-0.4, -0.2) is 23.0 Å². The molecule has 0 aliphatic carbocycles. The van der Waals surface area contributed by atoms with Crippen molar-refractivity contribution in [2.75, 3.05) is 12.3 Å². The first-order chi connectivity index (χ1) is 8.60. The number of nitrogens with one attached hydrogen (secondary N) is 2. The van der Waals surface area contributed by atoms with Crippen molar-refractivity contribution in [3.05, 3.63) is 11.1 Å². The molecule has 0 spiro atoms. The number of aromatic nitrogens is 1. The van der Waals surface area contributed by atoms with E-state index in [-0.39, 0.29) is 23.7 Å². The lowest BCUT2D eigenvalue weighted by molar-refractivity contribution is -0.126. The maximum atomic E-state index is 12.1. The van der Waals surface area contributed by atoms with Crippen LogP contribution in [0.3, 0.4) is 0 Å². The second kappa shape index (κ2) is 7.24. The molecule has 1 heterocycles. The summed E-state index contributed by atoms with van der Waals surface area (Å²) in [4.78, 5) is 17.1. The third-order valence-electron chi connectivity index (χ3n) is 2.62. The van der Waals surface area contributed by atoms with Crippen molar-refractivity contribution >= 4 is 34.8 Å². The zero-order valence-corrected chi connectivity index (χ0v) is 14.4. The van der Waals surface area contributed by atoms with Crippen LogP contribution in [0, 0.1) is 5.41 Å². The summed E-state index contributed by atoms with van der Waals surface area (Å²) in [6, 6.07) is 0. The Bertz CT molecular complexity index is 440. The standard InChI is InChI=1S/C13H24N4OS.ClH/c1-12(2,3)8-16-10(18)13(4,5)17-7-9-6-15-11(14)19-9;/h6,17H,7-8H2,1-5H3,(H2,14,15)(H,16,18);1H. The highest BCUT2D eigenvalue weighted by molar-refractivity contribution is 7.15. The van der Waals surface area contributed by atoms with Crippen molar-refractivity contribution in [2.24, 2.45) is 5.41 Å². The van der Waals surface area contributed by atoms with E-state index in [1.54, 1.807) is 6.20 Å². The van der Waals surface area contributed by atoms with Gasteiger partial charge in [-0.25, -0.2) is 4.98 Å². The van der Waals surface area contributed by atoms with Crippen LogP contribution in [0.15, 0.2) is 6.20 Å². The van der Waals surface area contributed by atoms with E-state index in [0.717, 1.165) is 4.88 Å². The Labute approximate surface area is 131 Å². The number of nitrogens with two attached hydrogens (primary N) is 1. The lowest BCUT2D eigenvalue weighted by Gasteiger charge is -2.27. The molecule has 0 unspecified atom stereocenters. The molecule has 0 bridgehead atoms. The number of halogens is 1. The SMILES string of the molecule is CC(C)(C)CNC(=O)C(C)(C)NCc1cnc(N)s1.Cl. The molecular weight excluding hydrogens is 296 g/mol. The van der Waals surface area contributed by atoms with E-state index in [2.05, 4.69) is 36.4 Å². The maximum absolute atomic E-state index is 12.1. The van der Waals surface area contributed by atoms with Crippen molar-refractivity contribution in [3.63, 3.8) is 0 Å². The minimum absolute atomic E-state index is 0. The van der Waals surface area contributed by atoms with E-state index in [1.165, 1.54) is 11.3 Å². The maximum Gasteiger partial charge on any atom is 0.239 e. The molecule has 1 aromatic heterocycles. The third-order valence-corrected chi connectivity index (χ3v) is 3.45. The number of hydrogen-bond acceptors (Lipinski definition) is 5. The number of thiazole rings is 1. The van der Waals surface area contributed by atoms with Crippen molar-refractivity contribution in [1.29, 1.82) is 0 Å². The van der Waals surface area contributed by atoms with Crippen LogP contribution in [0.1, 0.15) is 39.5 Å².